The van der Waals surface area contributed by atoms with E-state index in [-0.39, 0.29) is 53.6 Å². The van der Waals surface area contributed by atoms with Crippen molar-refractivity contribution in [1.29, 1.82) is 0 Å². The number of aliphatic hydroxyl groups excluding tert-OH is 1. The Bertz CT molecular complexity index is 1420. The van der Waals surface area contributed by atoms with Crippen LogP contribution in [0.2, 0.25) is 0 Å². The Morgan fingerprint density at radius 1 is 1.22 bits per heavy atom. The van der Waals surface area contributed by atoms with E-state index < -0.39 is 32.9 Å². The smallest absolute Gasteiger partial charge is 0.271 e. The van der Waals surface area contributed by atoms with Gasteiger partial charge in [0.1, 0.15) is 17.3 Å². The number of halogens is 1. The summed E-state index contributed by atoms with van der Waals surface area (Å²) in [4.78, 5) is 24.7. The van der Waals surface area contributed by atoms with Crippen LogP contribution < -0.4 is 14.8 Å². The zero-order valence-corrected chi connectivity index (χ0v) is 20.3. The molecule has 0 fully saturated rings. The highest BCUT2D eigenvalue weighted by Crippen LogP contribution is 2.30. The van der Waals surface area contributed by atoms with Gasteiger partial charge >= 0.3 is 0 Å². The van der Waals surface area contributed by atoms with Gasteiger partial charge in [0, 0.05) is 24.9 Å². The number of aromatic nitrogens is 6. The minimum absolute atomic E-state index is 0.00669. The summed E-state index contributed by atoms with van der Waals surface area (Å²) >= 11 is 0. The van der Waals surface area contributed by atoms with Crippen molar-refractivity contribution in [3.05, 3.63) is 48.0 Å². The van der Waals surface area contributed by atoms with E-state index in [9.17, 15) is 22.7 Å². The lowest BCUT2D eigenvalue weighted by atomic mass is 10.1. The number of nitrogens with one attached hydrogen (secondary N) is 2. The second kappa shape index (κ2) is 9.85. The van der Waals surface area contributed by atoms with Crippen LogP contribution in [-0.4, -0.2) is 68.1 Å². The number of rotatable bonds is 8. The van der Waals surface area contributed by atoms with Gasteiger partial charge in [0.25, 0.3) is 5.91 Å². The molecule has 3 aromatic rings. The van der Waals surface area contributed by atoms with Crippen molar-refractivity contribution in [2.45, 2.75) is 31.4 Å². The van der Waals surface area contributed by atoms with Crippen molar-refractivity contribution >= 4 is 27.6 Å². The minimum atomic E-state index is -4.18. The molecule has 0 aliphatic carbocycles. The lowest BCUT2D eigenvalue weighted by Gasteiger charge is -2.22. The van der Waals surface area contributed by atoms with E-state index in [2.05, 4.69) is 35.2 Å². The number of methoxy groups -OCH3 is 1. The number of carbonyl (C=O) groups excluding carboxylic acids is 1. The maximum atomic E-state index is 13.3. The molecule has 4 heterocycles. The van der Waals surface area contributed by atoms with Crippen LogP contribution in [0.25, 0.3) is 17.2 Å². The highest BCUT2D eigenvalue weighted by Gasteiger charge is 2.34. The van der Waals surface area contributed by atoms with E-state index in [0.717, 1.165) is 17.0 Å². The molecular weight excluding hydrogens is 495 g/mol. The van der Waals surface area contributed by atoms with Crippen LogP contribution in [0.5, 0.6) is 5.88 Å². The molecule has 1 aliphatic heterocycles. The van der Waals surface area contributed by atoms with Gasteiger partial charge in [0.15, 0.2) is 17.3 Å². The van der Waals surface area contributed by atoms with Crippen LogP contribution in [0.1, 0.15) is 32.0 Å². The standard InChI is InChI=1S/C21H23FN8O5S/c1-11(18-24-9-13(22)10-25-18)12(2)36(33,34)29-21-28-27-19(14-5-4-6-16(26-14)35-3)30(21)17-15(31)7-8-23-20(17)32/h4-6,9-12,31H,7-8H2,1-3H3,(H,23,32)(H,28,29)/t11-,12-/m0/s1. The predicted octanol–water partition coefficient (Wildman–Crippen LogP) is 1.46. The number of hydrogen-bond acceptors (Lipinski definition) is 10. The van der Waals surface area contributed by atoms with Gasteiger partial charge in [-0.15, -0.1) is 10.2 Å². The maximum Gasteiger partial charge on any atom is 0.271 e. The molecule has 4 rings (SSSR count). The highest BCUT2D eigenvalue weighted by atomic mass is 32.2. The fraction of sp³-hybridized carbons (Fsp3) is 0.333. The Kier molecular flexibility index (Phi) is 6.83. The van der Waals surface area contributed by atoms with Crippen molar-refractivity contribution in [3.8, 4) is 17.4 Å². The summed E-state index contributed by atoms with van der Waals surface area (Å²) in [6.07, 6.45) is 2.02. The first kappa shape index (κ1) is 25.0. The summed E-state index contributed by atoms with van der Waals surface area (Å²) in [5, 5.41) is 20.0. The molecular formula is C21H23FN8O5S. The number of nitrogens with zero attached hydrogens (tertiary/aromatic N) is 6. The Labute approximate surface area is 205 Å². The first-order valence-corrected chi connectivity index (χ1v) is 12.3. The molecule has 13 nitrogen and oxygen atoms in total. The van der Waals surface area contributed by atoms with E-state index in [4.69, 9.17) is 4.74 Å². The van der Waals surface area contributed by atoms with Crippen LogP contribution in [0.4, 0.5) is 10.3 Å². The second-order valence-corrected chi connectivity index (χ2v) is 9.99. The molecule has 190 valence electrons. The van der Waals surface area contributed by atoms with E-state index in [1.165, 1.54) is 14.0 Å². The lowest BCUT2D eigenvalue weighted by Crippen LogP contribution is -2.35. The third-order valence-corrected chi connectivity index (χ3v) is 7.51. The van der Waals surface area contributed by atoms with E-state index in [1.807, 2.05) is 0 Å². The van der Waals surface area contributed by atoms with Gasteiger partial charge in [-0.3, -0.25) is 14.1 Å². The van der Waals surface area contributed by atoms with Gasteiger partial charge in [-0.05, 0) is 13.0 Å². The van der Waals surface area contributed by atoms with Gasteiger partial charge < -0.3 is 15.2 Å². The number of hydrogen-bond donors (Lipinski definition) is 3. The van der Waals surface area contributed by atoms with Gasteiger partial charge in [-0.25, -0.2) is 27.8 Å². The molecule has 0 aromatic carbocycles. The predicted molar refractivity (Wildman–Crippen MR) is 126 cm³/mol. The average Bonchev–Trinajstić information content (AvgIpc) is 3.25. The quantitative estimate of drug-likeness (QED) is 0.396. The molecule has 0 radical (unpaired) electrons. The molecule has 3 aromatic heterocycles. The van der Waals surface area contributed by atoms with Crippen molar-refractivity contribution in [2.75, 3.05) is 18.4 Å². The number of carbonyl (C=O) groups is 1. The Hall–Kier alpha value is -4.14. The highest BCUT2D eigenvalue weighted by molar-refractivity contribution is 7.93. The monoisotopic (exact) mass is 518 g/mol. The van der Waals surface area contributed by atoms with Crippen LogP contribution in [0.3, 0.4) is 0 Å². The first-order chi connectivity index (χ1) is 17.1. The SMILES string of the molecule is COc1cccc(-c2nnc(NS(=O)(=O)[C@@H](C)[C@H](C)c3ncc(F)cn3)n2C2=C(O)CCNC2=O)n1. The molecule has 0 bridgehead atoms. The summed E-state index contributed by atoms with van der Waals surface area (Å²) in [5.41, 5.74) is -0.0294. The normalized spacial score (nSPS) is 15.8. The average molecular weight is 519 g/mol. The number of anilines is 1. The Morgan fingerprint density at radius 3 is 2.61 bits per heavy atom. The number of ether oxygens (including phenoxy) is 1. The fourth-order valence-electron chi connectivity index (χ4n) is 3.50. The zero-order chi connectivity index (χ0) is 26.0. The van der Waals surface area contributed by atoms with Crippen LogP contribution in [0.15, 0.2) is 36.4 Å². The third kappa shape index (κ3) is 4.82. The van der Waals surface area contributed by atoms with Crippen molar-refractivity contribution in [3.63, 3.8) is 0 Å². The van der Waals surface area contributed by atoms with Crippen LogP contribution >= 0.6 is 0 Å². The molecule has 36 heavy (non-hydrogen) atoms. The summed E-state index contributed by atoms with van der Waals surface area (Å²) in [6, 6.07) is 4.79. The molecule has 15 heteroatoms. The molecule has 3 N–H and O–H groups in total. The number of sulfonamides is 1. The number of aliphatic hydroxyl groups is 1. The molecule has 0 saturated carbocycles. The molecule has 2 atom stereocenters. The van der Waals surface area contributed by atoms with Gasteiger partial charge in [-0.1, -0.05) is 13.0 Å². The van der Waals surface area contributed by atoms with E-state index in [1.54, 1.807) is 25.1 Å². The van der Waals surface area contributed by atoms with Gasteiger partial charge in [0.2, 0.25) is 21.9 Å². The molecule has 0 spiro atoms. The summed E-state index contributed by atoms with van der Waals surface area (Å²) in [7, 11) is -2.75. The summed E-state index contributed by atoms with van der Waals surface area (Å²) in [6.45, 7) is 3.21. The lowest BCUT2D eigenvalue weighted by molar-refractivity contribution is -0.116. The summed E-state index contributed by atoms with van der Waals surface area (Å²) < 4.78 is 48.4. The number of amides is 1. The third-order valence-electron chi connectivity index (χ3n) is 5.66. The zero-order valence-electron chi connectivity index (χ0n) is 19.5. The van der Waals surface area contributed by atoms with Gasteiger partial charge in [-0.2, -0.15) is 0 Å². The first-order valence-electron chi connectivity index (χ1n) is 10.8. The van der Waals surface area contributed by atoms with Crippen molar-refractivity contribution in [1.82, 2.24) is 35.0 Å². The van der Waals surface area contributed by atoms with Crippen LogP contribution in [0, 0.1) is 5.82 Å². The number of pyridine rings is 1. The Morgan fingerprint density at radius 2 is 1.94 bits per heavy atom. The summed E-state index contributed by atoms with van der Waals surface area (Å²) in [5.74, 6) is -2.27. The maximum absolute atomic E-state index is 13.3. The molecule has 0 unspecified atom stereocenters. The van der Waals surface area contributed by atoms with Crippen molar-refractivity contribution < 1.29 is 27.4 Å². The largest absolute Gasteiger partial charge is 0.510 e. The van der Waals surface area contributed by atoms with E-state index in [0.29, 0.717) is 0 Å². The molecule has 1 amide bonds. The van der Waals surface area contributed by atoms with Crippen LogP contribution in [-0.2, 0) is 14.8 Å². The topological polar surface area (TPSA) is 174 Å². The Balaban J connectivity index is 1.77. The fourth-order valence-corrected chi connectivity index (χ4v) is 4.73. The van der Waals surface area contributed by atoms with E-state index >= 15 is 0 Å². The second-order valence-electron chi connectivity index (χ2n) is 7.95. The minimum Gasteiger partial charge on any atom is -0.510 e. The van der Waals surface area contributed by atoms with Gasteiger partial charge in [0.05, 0.1) is 24.8 Å². The van der Waals surface area contributed by atoms with Crippen molar-refractivity contribution in [2.24, 2.45) is 0 Å². The molecule has 1 aliphatic rings. The molecule has 0 saturated heterocycles.